The fourth-order valence-electron chi connectivity index (χ4n) is 2.56. The Morgan fingerprint density at radius 3 is 2.21 bits per heavy atom. The van der Waals surface area contributed by atoms with E-state index >= 15 is 0 Å². The van der Waals surface area contributed by atoms with E-state index in [0.717, 1.165) is 5.69 Å². The molecule has 132 valence electrons. The largest absolute Gasteiger partial charge is 0.270 e. The average molecular weight is 455 g/mol. The fraction of sp³-hybridized carbons (Fsp3) is 0.400. The minimum Gasteiger partial charge on any atom is -0.270 e. The minimum absolute atomic E-state index is 0.0784. The van der Waals surface area contributed by atoms with Gasteiger partial charge >= 0.3 is 0 Å². The molecule has 1 aromatic carbocycles. The zero-order chi connectivity index (χ0) is 18.2. The summed E-state index contributed by atoms with van der Waals surface area (Å²) in [7, 11) is -2.15. The van der Waals surface area contributed by atoms with E-state index in [1.165, 1.54) is 16.4 Å². The monoisotopic (exact) mass is 453 g/mol. The second-order valence-electron chi connectivity index (χ2n) is 5.42. The maximum Gasteiger partial charge on any atom is 0.267 e. The lowest BCUT2D eigenvalue weighted by molar-refractivity contribution is 0.590. The highest BCUT2D eigenvalue weighted by Crippen LogP contribution is 2.37. The van der Waals surface area contributed by atoms with Crippen LogP contribution in [0, 0.1) is 13.8 Å². The molecule has 0 spiro atoms. The smallest absolute Gasteiger partial charge is 0.267 e. The number of aromatic nitrogens is 2. The van der Waals surface area contributed by atoms with Gasteiger partial charge in [-0.1, -0.05) is 46.1 Å². The van der Waals surface area contributed by atoms with Crippen molar-refractivity contribution < 1.29 is 8.42 Å². The topological polar surface area (TPSA) is 55.2 Å². The first-order chi connectivity index (χ1) is 11.1. The molecule has 1 heterocycles. The second-order valence-corrected chi connectivity index (χ2v) is 8.95. The zero-order valence-corrected chi connectivity index (χ0v) is 17.7. The minimum atomic E-state index is -3.93. The van der Waals surface area contributed by atoms with Crippen LogP contribution in [-0.4, -0.2) is 24.7 Å². The van der Waals surface area contributed by atoms with E-state index in [2.05, 4.69) is 21.0 Å². The first kappa shape index (κ1) is 19.6. The lowest BCUT2D eigenvalue weighted by Gasteiger charge is -2.25. The molecular formula is C15H18BrCl2N3O2S. The van der Waals surface area contributed by atoms with E-state index in [4.69, 9.17) is 23.2 Å². The number of hydrogen-bond donors (Lipinski definition) is 0. The van der Waals surface area contributed by atoms with E-state index < -0.39 is 10.0 Å². The highest BCUT2D eigenvalue weighted by atomic mass is 79.9. The van der Waals surface area contributed by atoms with Gasteiger partial charge < -0.3 is 0 Å². The molecule has 2 rings (SSSR count). The summed E-state index contributed by atoms with van der Waals surface area (Å²) in [6.07, 6.45) is 0.638. The number of hydrogen-bond acceptors (Lipinski definition) is 3. The maximum absolute atomic E-state index is 13.3. The third-order valence-electron chi connectivity index (χ3n) is 3.66. The van der Waals surface area contributed by atoms with Crippen molar-refractivity contribution in [2.24, 2.45) is 7.05 Å². The number of rotatable bonds is 5. The summed E-state index contributed by atoms with van der Waals surface area (Å²) in [4.78, 5) is -0.0925. The molecule has 24 heavy (non-hydrogen) atoms. The molecule has 0 N–H and O–H groups in total. The van der Waals surface area contributed by atoms with Crippen LogP contribution in [0.5, 0.6) is 0 Å². The summed E-state index contributed by atoms with van der Waals surface area (Å²) in [5.41, 5.74) is 1.96. The van der Waals surface area contributed by atoms with Crippen LogP contribution in [0.15, 0.2) is 21.5 Å². The van der Waals surface area contributed by atoms with Gasteiger partial charge in [0.05, 0.1) is 27.1 Å². The highest BCUT2D eigenvalue weighted by molar-refractivity contribution is 9.10. The second kappa shape index (κ2) is 7.23. The molecule has 0 bridgehead atoms. The van der Waals surface area contributed by atoms with Crippen molar-refractivity contribution in [2.75, 3.05) is 10.8 Å². The number of anilines is 1. The van der Waals surface area contributed by atoms with Gasteiger partial charge in [-0.3, -0.25) is 8.99 Å². The van der Waals surface area contributed by atoms with Gasteiger partial charge in [0.15, 0.2) is 0 Å². The van der Waals surface area contributed by atoms with Crippen LogP contribution in [0.2, 0.25) is 10.0 Å². The normalized spacial score (nSPS) is 11.8. The molecule has 0 fully saturated rings. The molecule has 1 aromatic heterocycles. The third kappa shape index (κ3) is 3.45. The van der Waals surface area contributed by atoms with Crippen LogP contribution in [0.1, 0.15) is 24.7 Å². The maximum atomic E-state index is 13.3. The molecule has 0 radical (unpaired) electrons. The summed E-state index contributed by atoms with van der Waals surface area (Å²) >= 11 is 15.7. The summed E-state index contributed by atoms with van der Waals surface area (Å²) in [5.74, 6) is 0. The summed E-state index contributed by atoms with van der Waals surface area (Å²) < 4.78 is 30.2. The van der Waals surface area contributed by atoms with Gasteiger partial charge in [0.1, 0.15) is 4.90 Å². The van der Waals surface area contributed by atoms with E-state index in [9.17, 15) is 8.42 Å². The molecule has 0 aliphatic carbocycles. The Morgan fingerprint density at radius 1 is 1.25 bits per heavy atom. The fourth-order valence-corrected chi connectivity index (χ4v) is 6.12. The van der Waals surface area contributed by atoms with E-state index in [-0.39, 0.29) is 14.9 Å². The van der Waals surface area contributed by atoms with Gasteiger partial charge in [0.25, 0.3) is 10.0 Å². The van der Waals surface area contributed by atoms with Gasteiger partial charge in [0.2, 0.25) is 0 Å². The molecular weight excluding hydrogens is 437 g/mol. The number of sulfonamides is 1. The predicted molar refractivity (Wildman–Crippen MR) is 102 cm³/mol. The Morgan fingerprint density at radius 2 is 1.79 bits per heavy atom. The number of halogens is 3. The van der Waals surface area contributed by atoms with Gasteiger partial charge in [-0.2, -0.15) is 5.10 Å². The van der Waals surface area contributed by atoms with Crippen molar-refractivity contribution in [3.63, 3.8) is 0 Å². The van der Waals surface area contributed by atoms with Gasteiger partial charge in [0, 0.05) is 18.1 Å². The molecule has 0 aliphatic rings. The van der Waals surface area contributed by atoms with Crippen molar-refractivity contribution in [1.29, 1.82) is 0 Å². The van der Waals surface area contributed by atoms with Crippen LogP contribution >= 0.6 is 39.1 Å². The summed E-state index contributed by atoms with van der Waals surface area (Å²) in [6, 6.07) is 3.04. The molecule has 0 saturated heterocycles. The molecule has 9 heteroatoms. The van der Waals surface area contributed by atoms with Crippen molar-refractivity contribution >= 4 is 54.8 Å². The molecule has 0 unspecified atom stereocenters. The molecule has 0 saturated carbocycles. The first-order valence-electron chi connectivity index (χ1n) is 7.28. The van der Waals surface area contributed by atoms with Crippen molar-refractivity contribution in [2.45, 2.75) is 32.1 Å². The lowest BCUT2D eigenvalue weighted by atomic mass is 10.3. The van der Waals surface area contributed by atoms with Crippen LogP contribution in [0.3, 0.4) is 0 Å². The van der Waals surface area contributed by atoms with Crippen molar-refractivity contribution in [1.82, 2.24) is 9.78 Å². The van der Waals surface area contributed by atoms with Crippen LogP contribution in [-0.2, 0) is 17.1 Å². The Labute approximate surface area is 160 Å². The Balaban J connectivity index is 2.72. The quantitative estimate of drug-likeness (QED) is 0.657. The molecule has 0 amide bonds. The van der Waals surface area contributed by atoms with Crippen LogP contribution < -0.4 is 4.31 Å². The van der Waals surface area contributed by atoms with E-state index in [1.807, 2.05) is 13.8 Å². The number of nitrogens with zero attached hydrogens (tertiary/aromatic N) is 3. The Bertz CT molecular complexity index is 858. The first-order valence-corrected chi connectivity index (χ1v) is 10.3. The molecule has 2 aromatic rings. The van der Waals surface area contributed by atoms with Crippen molar-refractivity contribution in [3.8, 4) is 0 Å². The van der Waals surface area contributed by atoms with Gasteiger partial charge in [-0.15, -0.1) is 0 Å². The van der Waals surface area contributed by atoms with E-state index in [1.54, 1.807) is 18.7 Å². The molecule has 0 aliphatic heterocycles. The van der Waals surface area contributed by atoms with Gasteiger partial charge in [-0.25, -0.2) is 8.42 Å². The van der Waals surface area contributed by atoms with Crippen LogP contribution in [0.4, 0.5) is 5.69 Å². The standard InChI is InChI=1S/C15H18BrCl2N3O2S/c1-5-6-21(14-9(2)19-20(4)10(14)3)24(22,23)15-12(17)7-11(16)8-13(15)18/h7-8H,5-6H2,1-4H3. The Hall–Kier alpha value is -0.760. The molecule has 0 atom stereocenters. The highest BCUT2D eigenvalue weighted by Gasteiger charge is 2.32. The number of benzene rings is 1. The SMILES string of the molecule is CCCN(c1c(C)nn(C)c1C)S(=O)(=O)c1c(Cl)cc(Br)cc1Cl. The van der Waals surface area contributed by atoms with E-state index in [0.29, 0.717) is 28.8 Å². The average Bonchev–Trinajstić information content (AvgIpc) is 2.68. The zero-order valence-electron chi connectivity index (χ0n) is 13.8. The lowest BCUT2D eigenvalue weighted by Crippen LogP contribution is -2.33. The predicted octanol–water partition coefficient (Wildman–Crippen LogP) is 4.71. The van der Waals surface area contributed by atoms with Gasteiger partial charge in [-0.05, 0) is 32.4 Å². The Kier molecular flexibility index (Phi) is 5.90. The van der Waals surface area contributed by atoms with Crippen LogP contribution in [0.25, 0.3) is 0 Å². The molecule has 5 nitrogen and oxygen atoms in total. The summed E-state index contributed by atoms with van der Waals surface area (Å²) in [6.45, 7) is 5.83. The van der Waals surface area contributed by atoms with Crippen molar-refractivity contribution in [3.05, 3.63) is 38.0 Å². The third-order valence-corrected chi connectivity index (χ3v) is 6.84. The number of aryl methyl sites for hydroxylation is 2. The summed E-state index contributed by atoms with van der Waals surface area (Å²) in [5, 5.41) is 4.47.